The van der Waals surface area contributed by atoms with Crippen LogP contribution in [0.1, 0.15) is 36.3 Å². The van der Waals surface area contributed by atoms with Crippen LogP contribution >= 0.6 is 0 Å². The maximum Gasteiger partial charge on any atom is 0.248 e. The minimum atomic E-state index is -0.172. The average Bonchev–Trinajstić information content (AvgIpc) is 3.04. The SMILES string of the molecule is CCOc1c(/C(C)=C/C(=O)Nc2cccc3ccccc23)cc2c(C)c(C)oc2c1C. The van der Waals surface area contributed by atoms with Crippen LogP contribution in [0.5, 0.6) is 5.75 Å². The first-order chi connectivity index (χ1) is 14.9. The minimum Gasteiger partial charge on any atom is -0.493 e. The summed E-state index contributed by atoms with van der Waals surface area (Å²) in [6.45, 7) is 10.5. The van der Waals surface area contributed by atoms with Crippen LogP contribution in [0.4, 0.5) is 5.69 Å². The molecular weight excluding hydrogens is 386 g/mol. The summed E-state index contributed by atoms with van der Waals surface area (Å²) in [7, 11) is 0. The Morgan fingerprint density at radius 3 is 2.55 bits per heavy atom. The van der Waals surface area contributed by atoms with Crippen LogP contribution in [0.3, 0.4) is 0 Å². The highest BCUT2D eigenvalue weighted by Gasteiger charge is 2.19. The highest BCUT2D eigenvalue weighted by Crippen LogP contribution is 2.39. The van der Waals surface area contributed by atoms with E-state index in [0.717, 1.165) is 61.2 Å². The molecule has 1 N–H and O–H groups in total. The van der Waals surface area contributed by atoms with Crippen molar-refractivity contribution in [1.29, 1.82) is 0 Å². The highest BCUT2D eigenvalue weighted by atomic mass is 16.5. The number of anilines is 1. The number of benzene rings is 3. The molecule has 158 valence electrons. The van der Waals surface area contributed by atoms with E-state index in [1.807, 2.05) is 70.2 Å². The van der Waals surface area contributed by atoms with E-state index in [2.05, 4.69) is 18.3 Å². The van der Waals surface area contributed by atoms with Crippen molar-refractivity contribution in [2.75, 3.05) is 11.9 Å². The molecule has 4 rings (SSSR count). The zero-order valence-electron chi connectivity index (χ0n) is 18.6. The summed E-state index contributed by atoms with van der Waals surface area (Å²) < 4.78 is 11.9. The maximum atomic E-state index is 12.9. The number of ether oxygens (including phenoxy) is 1. The summed E-state index contributed by atoms with van der Waals surface area (Å²) in [6.07, 6.45) is 1.63. The van der Waals surface area contributed by atoms with Gasteiger partial charge in [0.15, 0.2) is 0 Å². The fraction of sp³-hybridized carbons (Fsp3) is 0.222. The lowest BCUT2D eigenvalue weighted by Gasteiger charge is -2.15. The molecule has 0 aliphatic carbocycles. The van der Waals surface area contributed by atoms with Crippen molar-refractivity contribution in [3.63, 3.8) is 0 Å². The Morgan fingerprint density at radius 1 is 1.03 bits per heavy atom. The van der Waals surface area contributed by atoms with Crippen LogP contribution in [0.25, 0.3) is 27.3 Å². The number of carbonyl (C=O) groups is 1. The third-order valence-corrected chi connectivity index (χ3v) is 5.75. The summed E-state index contributed by atoms with van der Waals surface area (Å²) in [5.41, 5.74) is 5.44. The third-order valence-electron chi connectivity index (χ3n) is 5.75. The molecule has 0 radical (unpaired) electrons. The molecule has 0 aliphatic heterocycles. The number of furan rings is 1. The Balaban J connectivity index is 1.74. The van der Waals surface area contributed by atoms with Gasteiger partial charge in [0.2, 0.25) is 5.91 Å². The van der Waals surface area contributed by atoms with E-state index < -0.39 is 0 Å². The molecule has 31 heavy (non-hydrogen) atoms. The molecule has 1 amide bonds. The van der Waals surface area contributed by atoms with Gasteiger partial charge in [0.1, 0.15) is 17.1 Å². The Hall–Kier alpha value is -3.53. The molecule has 0 saturated heterocycles. The van der Waals surface area contributed by atoms with Gasteiger partial charge in [-0.3, -0.25) is 4.79 Å². The lowest BCUT2D eigenvalue weighted by molar-refractivity contribution is -0.111. The van der Waals surface area contributed by atoms with Crippen molar-refractivity contribution in [2.45, 2.75) is 34.6 Å². The normalized spacial score (nSPS) is 11.8. The number of nitrogens with one attached hydrogen (secondary N) is 1. The fourth-order valence-electron chi connectivity index (χ4n) is 4.01. The second-order valence-electron chi connectivity index (χ2n) is 7.81. The number of hydrogen-bond donors (Lipinski definition) is 1. The molecule has 4 aromatic rings. The van der Waals surface area contributed by atoms with Crippen LogP contribution in [0.15, 0.2) is 59.0 Å². The van der Waals surface area contributed by atoms with E-state index in [4.69, 9.17) is 9.15 Å². The van der Waals surface area contributed by atoms with Crippen LogP contribution in [0, 0.1) is 20.8 Å². The smallest absolute Gasteiger partial charge is 0.248 e. The first-order valence-corrected chi connectivity index (χ1v) is 10.5. The van der Waals surface area contributed by atoms with E-state index in [1.165, 1.54) is 0 Å². The second-order valence-corrected chi connectivity index (χ2v) is 7.81. The van der Waals surface area contributed by atoms with Gasteiger partial charge in [-0.1, -0.05) is 36.4 Å². The van der Waals surface area contributed by atoms with Crippen molar-refractivity contribution in [3.8, 4) is 5.75 Å². The van der Waals surface area contributed by atoms with Gasteiger partial charge in [0.05, 0.1) is 6.61 Å². The van der Waals surface area contributed by atoms with Crippen molar-refractivity contribution < 1.29 is 13.9 Å². The van der Waals surface area contributed by atoms with Crippen molar-refractivity contribution >= 4 is 38.9 Å². The first kappa shape index (κ1) is 20.7. The molecule has 4 nitrogen and oxygen atoms in total. The number of fused-ring (bicyclic) bond motifs is 2. The third kappa shape index (κ3) is 3.81. The molecule has 0 unspecified atom stereocenters. The van der Waals surface area contributed by atoms with Gasteiger partial charge in [-0.25, -0.2) is 0 Å². The second kappa shape index (κ2) is 8.31. The number of aryl methyl sites for hydroxylation is 3. The lowest BCUT2D eigenvalue weighted by atomic mass is 9.98. The predicted molar refractivity (Wildman–Crippen MR) is 128 cm³/mol. The molecule has 0 spiro atoms. The molecular formula is C27H27NO3. The largest absolute Gasteiger partial charge is 0.493 e. The number of rotatable bonds is 5. The predicted octanol–water partition coefficient (Wildman–Crippen LogP) is 6.95. The Morgan fingerprint density at radius 2 is 1.77 bits per heavy atom. The molecule has 0 bridgehead atoms. The van der Waals surface area contributed by atoms with Gasteiger partial charge in [-0.05, 0) is 63.3 Å². The van der Waals surface area contributed by atoms with Gasteiger partial charge in [-0.15, -0.1) is 0 Å². The Bertz CT molecular complexity index is 1320. The summed E-state index contributed by atoms with van der Waals surface area (Å²) in [5.74, 6) is 1.48. The molecule has 1 heterocycles. The Kier molecular flexibility index (Phi) is 5.55. The van der Waals surface area contributed by atoms with Crippen LogP contribution in [0.2, 0.25) is 0 Å². The average molecular weight is 414 g/mol. The fourth-order valence-corrected chi connectivity index (χ4v) is 4.01. The van der Waals surface area contributed by atoms with Crippen LogP contribution in [-0.4, -0.2) is 12.5 Å². The van der Waals surface area contributed by atoms with Gasteiger partial charge < -0.3 is 14.5 Å². The molecule has 4 heteroatoms. The number of hydrogen-bond acceptors (Lipinski definition) is 3. The van der Waals surface area contributed by atoms with Crippen LogP contribution in [-0.2, 0) is 4.79 Å². The number of allylic oxidation sites excluding steroid dienone is 1. The highest BCUT2D eigenvalue weighted by molar-refractivity contribution is 6.09. The Labute approximate surface area is 182 Å². The summed E-state index contributed by atoms with van der Waals surface area (Å²) in [5, 5.41) is 6.19. The zero-order valence-corrected chi connectivity index (χ0v) is 18.6. The van der Waals surface area contributed by atoms with Gasteiger partial charge in [-0.2, -0.15) is 0 Å². The minimum absolute atomic E-state index is 0.172. The molecule has 0 fully saturated rings. The standard InChI is InChI=1S/C27H27NO3/c1-6-30-26-18(4)27-23(17(3)19(5)31-27)15-22(26)16(2)14-25(29)28-24-13-9-11-20-10-7-8-12-21(20)24/h7-15H,6H2,1-5H3,(H,28,29)/b16-14+. The molecule has 0 atom stereocenters. The van der Waals surface area contributed by atoms with Gasteiger partial charge in [0.25, 0.3) is 0 Å². The van der Waals surface area contributed by atoms with Crippen molar-refractivity contribution in [1.82, 2.24) is 0 Å². The zero-order chi connectivity index (χ0) is 22.1. The topological polar surface area (TPSA) is 51.5 Å². The van der Waals surface area contributed by atoms with Crippen molar-refractivity contribution in [2.24, 2.45) is 0 Å². The van der Waals surface area contributed by atoms with E-state index in [1.54, 1.807) is 6.08 Å². The molecule has 1 aromatic heterocycles. The molecule has 0 saturated carbocycles. The number of amides is 1. The van der Waals surface area contributed by atoms with Gasteiger partial charge in [0, 0.05) is 33.7 Å². The van der Waals surface area contributed by atoms with E-state index >= 15 is 0 Å². The summed E-state index contributed by atoms with van der Waals surface area (Å²) in [4.78, 5) is 12.9. The van der Waals surface area contributed by atoms with E-state index in [-0.39, 0.29) is 5.91 Å². The van der Waals surface area contributed by atoms with Crippen LogP contribution < -0.4 is 10.1 Å². The maximum absolute atomic E-state index is 12.9. The van der Waals surface area contributed by atoms with Crippen molar-refractivity contribution in [3.05, 3.63) is 77.1 Å². The lowest BCUT2D eigenvalue weighted by Crippen LogP contribution is -2.09. The quantitative estimate of drug-likeness (QED) is 0.360. The van der Waals surface area contributed by atoms with E-state index in [0.29, 0.717) is 6.61 Å². The molecule has 3 aromatic carbocycles. The first-order valence-electron chi connectivity index (χ1n) is 10.5. The summed E-state index contributed by atoms with van der Waals surface area (Å²) >= 11 is 0. The van der Waals surface area contributed by atoms with Gasteiger partial charge >= 0.3 is 0 Å². The van der Waals surface area contributed by atoms with E-state index in [9.17, 15) is 4.79 Å². The number of carbonyl (C=O) groups excluding carboxylic acids is 1. The summed E-state index contributed by atoms with van der Waals surface area (Å²) in [6, 6.07) is 16.0. The molecule has 0 aliphatic rings. The monoisotopic (exact) mass is 413 g/mol.